The highest BCUT2D eigenvalue weighted by atomic mass is 16.6. The predicted molar refractivity (Wildman–Crippen MR) is 54.6 cm³/mol. The number of carbonyl (C=O) groups is 1. The molecule has 0 fully saturated rings. The highest BCUT2D eigenvalue weighted by Gasteiger charge is 2.15. The molecule has 1 aromatic rings. The van der Waals surface area contributed by atoms with E-state index in [2.05, 4.69) is 9.72 Å². The van der Waals surface area contributed by atoms with Gasteiger partial charge in [0, 0.05) is 12.5 Å². The summed E-state index contributed by atoms with van der Waals surface area (Å²) in [5, 5.41) is 10.3. The molecular formula is C9H11N3O4. The molecule has 1 heterocycles. The van der Waals surface area contributed by atoms with E-state index in [1.165, 1.54) is 25.4 Å². The molecule has 7 heteroatoms. The first-order chi connectivity index (χ1) is 7.54. The van der Waals surface area contributed by atoms with Gasteiger partial charge in [0.25, 0.3) is 0 Å². The Bertz CT molecular complexity index is 390. The van der Waals surface area contributed by atoms with Crippen LogP contribution >= 0.6 is 0 Å². The Morgan fingerprint density at radius 2 is 2.38 bits per heavy atom. The van der Waals surface area contributed by atoms with Gasteiger partial charge in [-0.05, 0) is 21.5 Å². The summed E-state index contributed by atoms with van der Waals surface area (Å²) in [5.41, 5.74) is 6.16. The first kappa shape index (κ1) is 12.1. The smallest absolute Gasteiger partial charge is 0.363 e. The van der Waals surface area contributed by atoms with E-state index in [9.17, 15) is 14.9 Å². The molecule has 0 radical (unpaired) electrons. The highest BCUT2D eigenvalue weighted by molar-refractivity contribution is 5.75. The molecular weight excluding hydrogens is 214 g/mol. The number of aromatic nitrogens is 1. The summed E-state index contributed by atoms with van der Waals surface area (Å²) in [4.78, 5) is 24.4. The van der Waals surface area contributed by atoms with Crippen LogP contribution in [-0.2, 0) is 16.0 Å². The molecule has 86 valence electrons. The molecule has 7 nitrogen and oxygen atoms in total. The Kier molecular flexibility index (Phi) is 3.90. The normalized spacial score (nSPS) is 11.9. The maximum Gasteiger partial charge on any atom is 0.363 e. The summed E-state index contributed by atoms with van der Waals surface area (Å²) in [5.74, 6) is -0.770. The number of esters is 1. The molecule has 1 aromatic heterocycles. The van der Waals surface area contributed by atoms with E-state index in [0.717, 1.165) is 0 Å². The fourth-order valence-electron chi connectivity index (χ4n) is 1.13. The first-order valence-electron chi connectivity index (χ1n) is 4.47. The number of ether oxygens (including phenoxy) is 1. The SMILES string of the molecule is COC(=O)[C@H](N)Cc1ccc([N+](=O)[O-])nc1. The second-order valence-electron chi connectivity index (χ2n) is 3.12. The van der Waals surface area contributed by atoms with E-state index in [1.54, 1.807) is 0 Å². The Hall–Kier alpha value is -2.02. The third kappa shape index (κ3) is 2.99. The lowest BCUT2D eigenvalue weighted by Gasteiger charge is -2.07. The van der Waals surface area contributed by atoms with Crippen LogP contribution in [0.2, 0.25) is 0 Å². The maximum absolute atomic E-state index is 11.0. The quantitative estimate of drug-likeness (QED) is 0.440. The van der Waals surface area contributed by atoms with Gasteiger partial charge in [0.15, 0.2) is 0 Å². The Labute approximate surface area is 91.4 Å². The molecule has 0 spiro atoms. The maximum atomic E-state index is 11.0. The molecule has 1 atom stereocenters. The van der Waals surface area contributed by atoms with Gasteiger partial charge < -0.3 is 20.6 Å². The average molecular weight is 225 g/mol. The molecule has 0 aliphatic rings. The standard InChI is InChI=1S/C9H11N3O4/c1-16-9(13)7(10)4-6-2-3-8(11-5-6)12(14)15/h2-3,5,7H,4,10H2,1H3/t7-/m1/s1. The van der Waals surface area contributed by atoms with Crippen molar-refractivity contribution in [1.29, 1.82) is 0 Å². The summed E-state index contributed by atoms with van der Waals surface area (Å²) in [6.07, 6.45) is 1.55. The van der Waals surface area contributed by atoms with Crippen molar-refractivity contribution in [1.82, 2.24) is 4.98 Å². The number of hydrogen-bond acceptors (Lipinski definition) is 6. The zero-order chi connectivity index (χ0) is 12.1. The third-order valence-corrected chi connectivity index (χ3v) is 1.96. The molecule has 0 saturated carbocycles. The van der Waals surface area contributed by atoms with Crippen molar-refractivity contribution in [2.24, 2.45) is 5.73 Å². The fourth-order valence-corrected chi connectivity index (χ4v) is 1.13. The second kappa shape index (κ2) is 5.17. The number of nitro groups is 1. The van der Waals surface area contributed by atoms with Gasteiger partial charge >= 0.3 is 11.8 Å². The van der Waals surface area contributed by atoms with Gasteiger partial charge in [0.05, 0.1) is 7.11 Å². The zero-order valence-electron chi connectivity index (χ0n) is 8.62. The summed E-state index contributed by atoms with van der Waals surface area (Å²) in [7, 11) is 1.25. The number of pyridine rings is 1. The van der Waals surface area contributed by atoms with E-state index in [0.29, 0.717) is 5.56 Å². The van der Waals surface area contributed by atoms with Crippen molar-refractivity contribution in [3.05, 3.63) is 34.0 Å². The van der Waals surface area contributed by atoms with Crippen LogP contribution in [0.4, 0.5) is 5.82 Å². The Morgan fingerprint density at radius 1 is 1.69 bits per heavy atom. The molecule has 16 heavy (non-hydrogen) atoms. The van der Waals surface area contributed by atoms with E-state index >= 15 is 0 Å². The van der Waals surface area contributed by atoms with E-state index in [-0.39, 0.29) is 12.2 Å². The fraction of sp³-hybridized carbons (Fsp3) is 0.333. The van der Waals surface area contributed by atoms with Crippen molar-refractivity contribution in [2.75, 3.05) is 7.11 Å². The van der Waals surface area contributed by atoms with Gasteiger partial charge in [0.1, 0.15) is 12.2 Å². The second-order valence-corrected chi connectivity index (χ2v) is 3.12. The number of nitrogens with zero attached hydrogens (tertiary/aromatic N) is 2. The van der Waals surface area contributed by atoms with Crippen LogP contribution in [0, 0.1) is 10.1 Å². The van der Waals surface area contributed by atoms with Crippen LogP contribution < -0.4 is 5.73 Å². The van der Waals surface area contributed by atoms with Crippen LogP contribution in [0.15, 0.2) is 18.3 Å². The molecule has 0 aliphatic heterocycles. The monoisotopic (exact) mass is 225 g/mol. The molecule has 0 unspecified atom stereocenters. The Balaban J connectivity index is 2.68. The minimum Gasteiger partial charge on any atom is -0.468 e. The van der Waals surface area contributed by atoms with Crippen molar-refractivity contribution in [3.8, 4) is 0 Å². The third-order valence-electron chi connectivity index (χ3n) is 1.96. The van der Waals surface area contributed by atoms with Gasteiger partial charge in [-0.1, -0.05) is 0 Å². The summed E-state index contributed by atoms with van der Waals surface area (Å²) in [6, 6.07) is 1.99. The number of rotatable bonds is 4. The summed E-state index contributed by atoms with van der Waals surface area (Å²) in [6.45, 7) is 0. The van der Waals surface area contributed by atoms with Gasteiger partial charge in [-0.2, -0.15) is 0 Å². The minimum absolute atomic E-state index is 0.234. The number of hydrogen-bond donors (Lipinski definition) is 1. The summed E-state index contributed by atoms with van der Waals surface area (Å²) < 4.78 is 4.45. The molecule has 0 aliphatic carbocycles. The van der Waals surface area contributed by atoms with Crippen LogP contribution in [0.25, 0.3) is 0 Å². The van der Waals surface area contributed by atoms with E-state index in [4.69, 9.17) is 5.73 Å². The van der Waals surface area contributed by atoms with Gasteiger partial charge in [-0.15, -0.1) is 0 Å². The topological polar surface area (TPSA) is 108 Å². The molecule has 0 saturated heterocycles. The van der Waals surface area contributed by atoms with Gasteiger partial charge in [-0.3, -0.25) is 4.79 Å². The Morgan fingerprint density at radius 3 is 2.81 bits per heavy atom. The highest BCUT2D eigenvalue weighted by Crippen LogP contribution is 2.08. The molecule has 0 bridgehead atoms. The van der Waals surface area contributed by atoms with Crippen LogP contribution in [-0.4, -0.2) is 29.0 Å². The van der Waals surface area contributed by atoms with Crippen molar-refractivity contribution in [2.45, 2.75) is 12.5 Å². The molecule has 1 rings (SSSR count). The van der Waals surface area contributed by atoms with Crippen molar-refractivity contribution < 1.29 is 14.5 Å². The van der Waals surface area contributed by atoms with E-state index < -0.39 is 16.9 Å². The molecule has 0 aromatic carbocycles. The molecule has 0 amide bonds. The minimum atomic E-state index is -0.784. The van der Waals surface area contributed by atoms with Crippen molar-refractivity contribution in [3.63, 3.8) is 0 Å². The number of methoxy groups -OCH3 is 1. The first-order valence-corrected chi connectivity index (χ1v) is 4.47. The van der Waals surface area contributed by atoms with Gasteiger partial charge in [-0.25, -0.2) is 0 Å². The largest absolute Gasteiger partial charge is 0.468 e. The summed E-state index contributed by atoms with van der Waals surface area (Å²) >= 11 is 0. The predicted octanol–water partition coefficient (Wildman–Crippen LogP) is 0.0326. The molecule has 2 N–H and O–H groups in total. The van der Waals surface area contributed by atoms with Gasteiger partial charge in [0.2, 0.25) is 0 Å². The lowest BCUT2D eigenvalue weighted by Crippen LogP contribution is -2.33. The number of carbonyl (C=O) groups excluding carboxylic acids is 1. The lowest BCUT2D eigenvalue weighted by atomic mass is 10.1. The van der Waals surface area contributed by atoms with Crippen LogP contribution in [0.5, 0.6) is 0 Å². The van der Waals surface area contributed by atoms with Crippen LogP contribution in [0.1, 0.15) is 5.56 Å². The zero-order valence-corrected chi connectivity index (χ0v) is 8.62. The lowest BCUT2D eigenvalue weighted by molar-refractivity contribution is -0.389. The van der Waals surface area contributed by atoms with Crippen LogP contribution in [0.3, 0.4) is 0 Å². The van der Waals surface area contributed by atoms with E-state index in [1.807, 2.05) is 0 Å². The van der Waals surface area contributed by atoms with Crippen molar-refractivity contribution >= 4 is 11.8 Å². The number of nitrogens with two attached hydrogens (primary N) is 1. The average Bonchev–Trinajstić information content (AvgIpc) is 2.28.